The van der Waals surface area contributed by atoms with E-state index in [4.69, 9.17) is 9.15 Å². The highest BCUT2D eigenvalue weighted by molar-refractivity contribution is 5.90. The Hall–Kier alpha value is -1.33. The van der Waals surface area contributed by atoms with Gasteiger partial charge in [0.25, 0.3) is 0 Å². The number of carbonyl (C=O) groups excluding carboxylic acids is 1. The first-order valence-electron chi connectivity index (χ1n) is 7.30. The molecule has 5 nitrogen and oxygen atoms in total. The Morgan fingerprint density at radius 2 is 2.25 bits per heavy atom. The summed E-state index contributed by atoms with van der Waals surface area (Å²) in [5.74, 6) is 1.89. The molecule has 0 aliphatic carbocycles. The number of piperidine rings is 3. The zero-order valence-electron chi connectivity index (χ0n) is 12.1. The summed E-state index contributed by atoms with van der Waals surface area (Å²) >= 11 is 0. The number of ether oxygens (including phenoxy) is 1. The Morgan fingerprint density at radius 3 is 2.85 bits per heavy atom. The molecule has 3 fully saturated rings. The van der Waals surface area contributed by atoms with Gasteiger partial charge in [0, 0.05) is 12.6 Å². The van der Waals surface area contributed by atoms with Gasteiger partial charge in [-0.2, -0.15) is 0 Å². The quantitative estimate of drug-likeness (QED) is 0.847. The van der Waals surface area contributed by atoms with Gasteiger partial charge in [0.05, 0.1) is 13.7 Å². The highest BCUT2D eigenvalue weighted by atomic mass is 16.5. The minimum Gasteiger partial charge on any atom is -0.465 e. The maximum absolute atomic E-state index is 11.5. The lowest BCUT2D eigenvalue weighted by Crippen LogP contribution is -2.55. The third-order valence-electron chi connectivity index (χ3n) is 4.57. The maximum atomic E-state index is 11.5. The molecule has 0 amide bonds. The van der Waals surface area contributed by atoms with E-state index in [1.807, 2.05) is 0 Å². The summed E-state index contributed by atoms with van der Waals surface area (Å²) in [5.41, 5.74) is 0.526. The first-order valence-corrected chi connectivity index (χ1v) is 7.30. The van der Waals surface area contributed by atoms with Crippen molar-refractivity contribution in [3.05, 3.63) is 23.2 Å². The van der Waals surface area contributed by atoms with Gasteiger partial charge in [-0.1, -0.05) is 0 Å². The van der Waals surface area contributed by atoms with Crippen molar-refractivity contribution in [1.29, 1.82) is 0 Å². The molecule has 5 heteroatoms. The van der Waals surface area contributed by atoms with Crippen LogP contribution in [0.2, 0.25) is 0 Å². The summed E-state index contributed by atoms with van der Waals surface area (Å²) in [6.07, 6.45) is 2.59. The van der Waals surface area contributed by atoms with Crippen LogP contribution in [-0.2, 0) is 11.3 Å². The van der Waals surface area contributed by atoms with E-state index in [2.05, 4.69) is 10.2 Å². The molecule has 1 unspecified atom stereocenters. The highest BCUT2D eigenvalue weighted by Crippen LogP contribution is 2.27. The monoisotopic (exact) mass is 278 g/mol. The summed E-state index contributed by atoms with van der Waals surface area (Å²) < 4.78 is 10.4. The molecule has 3 saturated heterocycles. The molecule has 0 spiro atoms. The molecule has 20 heavy (non-hydrogen) atoms. The van der Waals surface area contributed by atoms with Crippen LogP contribution in [0.15, 0.2) is 10.5 Å². The lowest BCUT2D eigenvalue weighted by molar-refractivity contribution is 0.0599. The van der Waals surface area contributed by atoms with Crippen molar-refractivity contribution in [2.24, 2.45) is 5.92 Å². The van der Waals surface area contributed by atoms with Crippen molar-refractivity contribution in [1.82, 2.24) is 10.2 Å². The number of rotatable bonds is 4. The highest BCUT2D eigenvalue weighted by Gasteiger charge is 2.33. The zero-order chi connectivity index (χ0) is 14.1. The molecule has 0 radical (unpaired) electrons. The molecule has 2 bridgehead atoms. The molecule has 1 atom stereocenters. The van der Waals surface area contributed by atoms with E-state index >= 15 is 0 Å². The Kier molecular flexibility index (Phi) is 3.81. The van der Waals surface area contributed by atoms with Crippen LogP contribution < -0.4 is 5.32 Å². The predicted molar refractivity (Wildman–Crippen MR) is 74.6 cm³/mol. The summed E-state index contributed by atoms with van der Waals surface area (Å²) in [5, 5.41) is 3.58. The van der Waals surface area contributed by atoms with Crippen LogP contribution >= 0.6 is 0 Å². The Morgan fingerprint density at radius 1 is 1.50 bits per heavy atom. The number of furan rings is 1. The van der Waals surface area contributed by atoms with Crippen LogP contribution in [0.25, 0.3) is 0 Å². The minimum absolute atomic E-state index is 0.333. The van der Waals surface area contributed by atoms with Gasteiger partial charge in [0.15, 0.2) is 0 Å². The molecule has 3 aliphatic rings. The van der Waals surface area contributed by atoms with E-state index in [1.54, 1.807) is 13.0 Å². The number of hydrogen-bond acceptors (Lipinski definition) is 5. The van der Waals surface area contributed by atoms with E-state index in [0.717, 1.165) is 18.2 Å². The molecule has 110 valence electrons. The fourth-order valence-corrected chi connectivity index (χ4v) is 3.37. The Balaban J connectivity index is 1.60. The second-order valence-electron chi connectivity index (χ2n) is 5.80. The summed E-state index contributed by atoms with van der Waals surface area (Å²) in [4.78, 5) is 14.1. The van der Waals surface area contributed by atoms with Crippen molar-refractivity contribution in [3.8, 4) is 0 Å². The predicted octanol–water partition coefficient (Wildman–Crippen LogP) is 1.56. The lowest BCUT2D eigenvalue weighted by Gasteiger charge is -2.45. The third kappa shape index (κ3) is 2.60. The molecule has 1 aromatic rings. The van der Waals surface area contributed by atoms with Gasteiger partial charge < -0.3 is 19.4 Å². The number of fused-ring (bicyclic) bond motifs is 3. The van der Waals surface area contributed by atoms with Gasteiger partial charge >= 0.3 is 5.97 Å². The minimum atomic E-state index is -0.333. The molecular formula is C15H22N2O3. The lowest BCUT2D eigenvalue weighted by atomic mass is 9.84. The molecule has 3 aliphatic heterocycles. The zero-order valence-corrected chi connectivity index (χ0v) is 12.1. The van der Waals surface area contributed by atoms with Crippen LogP contribution in [0.4, 0.5) is 0 Å². The number of hydrogen-bond donors (Lipinski definition) is 1. The van der Waals surface area contributed by atoms with Gasteiger partial charge in [-0.05, 0) is 44.8 Å². The standard InChI is InChI=1S/C15H22N2O3/c1-10-13(15(18)19-2)7-12(20-10)8-16-14-9-17-5-3-11(14)4-6-17/h7,11,14,16H,3-6,8-9H2,1-2H3. The number of esters is 1. The summed E-state index contributed by atoms with van der Waals surface area (Å²) in [6.45, 7) is 6.09. The molecule has 4 rings (SSSR count). The SMILES string of the molecule is COC(=O)c1cc(CNC2CN3CCC2CC3)oc1C. The van der Waals surface area contributed by atoms with Crippen LogP contribution in [0.3, 0.4) is 0 Å². The van der Waals surface area contributed by atoms with Crippen LogP contribution in [0.1, 0.15) is 34.7 Å². The fraction of sp³-hybridized carbons (Fsp3) is 0.667. The molecule has 4 heterocycles. The number of aryl methyl sites for hydroxylation is 1. The van der Waals surface area contributed by atoms with E-state index in [-0.39, 0.29) is 5.97 Å². The van der Waals surface area contributed by atoms with E-state index in [1.165, 1.54) is 33.0 Å². The Bertz CT molecular complexity index is 489. The number of carbonyl (C=O) groups is 1. The van der Waals surface area contributed by atoms with Gasteiger partial charge in [-0.15, -0.1) is 0 Å². The van der Waals surface area contributed by atoms with E-state index in [9.17, 15) is 4.79 Å². The van der Waals surface area contributed by atoms with Crippen LogP contribution in [0, 0.1) is 12.8 Å². The number of methoxy groups -OCH3 is 1. The van der Waals surface area contributed by atoms with Crippen molar-refractivity contribution in [2.45, 2.75) is 32.4 Å². The first-order chi connectivity index (χ1) is 9.67. The van der Waals surface area contributed by atoms with Crippen molar-refractivity contribution < 1.29 is 13.9 Å². The third-order valence-corrected chi connectivity index (χ3v) is 4.57. The second-order valence-corrected chi connectivity index (χ2v) is 5.80. The molecule has 1 aromatic heterocycles. The largest absolute Gasteiger partial charge is 0.465 e. The van der Waals surface area contributed by atoms with Gasteiger partial charge in [-0.25, -0.2) is 4.79 Å². The average molecular weight is 278 g/mol. The van der Waals surface area contributed by atoms with Crippen LogP contribution in [0.5, 0.6) is 0 Å². The van der Waals surface area contributed by atoms with E-state index < -0.39 is 0 Å². The van der Waals surface area contributed by atoms with Crippen molar-refractivity contribution >= 4 is 5.97 Å². The van der Waals surface area contributed by atoms with Crippen molar-refractivity contribution in [2.75, 3.05) is 26.7 Å². The van der Waals surface area contributed by atoms with Gasteiger partial charge in [-0.3, -0.25) is 0 Å². The van der Waals surface area contributed by atoms with Crippen LogP contribution in [-0.4, -0.2) is 43.7 Å². The molecule has 0 aromatic carbocycles. The fourth-order valence-electron chi connectivity index (χ4n) is 3.37. The van der Waals surface area contributed by atoms with Crippen molar-refractivity contribution in [3.63, 3.8) is 0 Å². The molecular weight excluding hydrogens is 256 g/mol. The smallest absolute Gasteiger partial charge is 0.341 e. The topological polar surface area (TPSA) is 54.7 Å². The average Bonchev–Trinajstić information content (AvgIpc) is 2.86. The first kappa shape index (κ1) is 13.6. The van der Waals surface area contributed by atoms with Gasteiger partial charge in [0.1, 0.15) is 17.1 Å². The summed E-state index contributed by atoms with van der Waals surface area (Å²) in [7, 11) is 1.39. The number of nitrogens with zero attached hydrogens (tertiary/aromatic N) is 1. The molecule has 0 saturated carbocycles. The number of nitrogens with one attached hydrogen (secondary N) is 1. The van der Waals surface area contributed by atoms with Gasteiger partial charge in [0.2, 0.25) is 0 Å². The van der Waals surface area contributed by atoms with E-state index in [0.29, 0.717) is 23.9 Å². The molecule has 1 N–H and O–H groups in total. The maximum Gasteiger partial charge on any atom is 0.341 e. The summed E-state index contributed by atoms with van der Waals surface area (Å²) in [6, 6.07) is 2.33. The Labute approximate surface area is 119 Å². The second kappa shape index (κ2) is 5.58. The normalized spacial score (nSPS) is 28.6.